The van der Waals surface area contributed by atoms with E-state index in [4.69, 9.17) is 0 Å². The van der Waals surface area contributed by atoms with Gasteiger partial charge in [0, 0.05) is 21.7 Å². The van der Waals surface area contributed by atoms with Gasteiger partial charge in [0.05, 0.1) is 5.92 Å². The highest BCUT2D eigenvalue weighted by molar-refractivity contribution is 14.1. The van der Waals surface area contributed by atoms with Crippen molar-refractivity contribution in [1.29, 1.82) is 0 Å². The standard InChI is InChI=1S/C15H18INO2/c1-10(2)14(18)13-4-3-9-17(15(13)19)12-7-5-11(16)6-8-12/h5-8,10,13H,3-4,9H2,1-2H3. The average molecular weight is 371 g/mol. The van der Waals surface area contributed by atoms with Crippen LogP contribution in [0.2, 0.25) is 0 Å². The van der Waals surface area contributed by atoms with Crippen molar-refractivity contribution >= 4 is 40.0 Å². The first kappa shape index (κ1) is 14.5. The lowest BCUT2D eigenvalue weighted by molar-refractivity contribution is -0.135. The van der Waals surface area contributed by atoms with E-state index < -0.39 is 5.92 Å². The minimum absolute atomic E-state index is 0.0360. The number of anilines is 1. The van der Waals surface area contributed by atoms with Gasteiger partial charge in [-0.1, -0.05) is 13.8 Å². The van der Waals surface area contributed by atoms with Crippen LogP contribution in [-0.4, -0.2) is 18.2 Å². The first-order valence-electron chi connectivity index (χ1n) is 6.61. The lowest BCUT2D eigenvalue weighted by atomic mass is 9.87. The van der Waals surface area contributed by atoms with Crippen molar-refractivity contribution in [1.82, 2.24) is 0 Å². The Morgan fingerprint density at radius 1 is 1.32 bits per heavy atom. The van der Waals surface area contributed by atoms with Crippen LogP contribution in [0.15, 0.2) is 24.3 Å². The Morgan fingerprint density at radius 3 is 2.53 bits per heavy atom. The molecule has 4 heteroatoms. The van der Waals surface area contributed by atoms with Crippen LogP contribution in [0.4, 0.5) is 5.69 Å². The SMILES string of the molecule is CC(C)C(=O)C1CCCN(c2ccc(I)cc2)C1=O. The van der Waals surface area contributed by atoms with Gasteiger partial charge in [0.15, 0.2) is 0 Å². The van der Waals surface area contributed by atoms with E-state index in [0.717, 1.165) is 15.7 Å². The maximum atomic E-state index is 12.5. The van der Waals surface area contributed by atoms with Gasteiger partial charge >= 0.3 is 0 Å². The Hall–Kier alpha value is -0.910. The number of Topliss-reactive ketones (excluding diaryl/α,β-unsaturated/α-hetero) is 1. The highest BCUT2D eigenvalue weighted by Crippen LogP contribution is 2.27. The van der Waals surface area contributed by atoms with Crippen molar-refractivity contribution in [2.24, 2.45) is 11.8 Å². The molecule has 1 saturated heterocycles. The predicted octanol–water partition coefficient (Wildman–Crippen LogP) is 3.26. The van der Waals surface area contributed by atoms with Gasteiger partial charge in [-0.3, -0.25) is 9.59 Å². The van der Waals surface area contributed by atoms with E-state index in [1.54, 1.807) is 4.90 Å². The first-order valence-corrected chi connectivity index (χ1v) is 7.69. The Kier molecular flexibility index (Phi) is 4.60. The summed E-state index contributed by atoms with van der Waals surface area (Å²) in [5.41, 5.74) is 0.895. The van der Waals surface area contributed by atoms with Gasteiger partial charge in [-0.05, 0) is 59.7 Å². The van der Waals surface area contributed by atoms with Crippen LogP contribution < -0.4 is 4.90 Å². The molecule has 0 saturated carbocycles. The van der Waals surface area contributed by atoms with Crippen molar-refractivity contribution in [2.45, 2.75) is 26.7 Å². The normalized spacial score (nSPS) is 19.9. The molecule has 102 valence electrons. The van der Waals surface area contributed by atoms with Crippen molar-refractivity contribution in [3.63, 3.8) is 0 Å². The summed E-state index contributed by atoms with van der Waals surface area (Å²) in [5, 5.41) is 0. The van der Waals surface area contributed by atoms with E-state index in [2.05, 4.69) is 22.6 Å². The van der Waals surface area contributed by atoms with Gasteiger partial charge in [-0.15, -0.1) is 0 Å². The van der Waals surface area contributed by atoms with Crippen LogP contribution in [0, 0.1) is 15.4 Å². The lowest BCUT2D eigenvalue weighted by Crippen LogP contribution is -2.45. The molecule has 1 aromatic rings. The maximum Gasteiger partial charge on any atom is 0.237 e. The third-order valence-electron chi connectivity index (χ3n) is 3.49. The van der Waals surface area contributed by atoms with E-state index >= 15 is 0 Å². The monoisotopic (exact) mass is 371 g/mol. The van der Waals surface area contributed by atoms with Gasteiger partial charge in [0.2, 0.25) is 5.91 Å². The molecule has 0 aromatic heterocycles. The molecule has 0 aliphatic carbocycles. The van der Waals surface area contributed by atoms with E-state index in [-0.39, 0.29) is 17.6 Å². The van der Waals surface area contributed by atoms with Gasteiger partial charge in [0.25, 0.3) is 0 Å². The summed E-state index contributed by atoms with van der Waals surface area (Å²) in [4.78, 5) is 26.3. The van der Waals surface area contributed by atoms with Crippen LogP contribution in [0.3, 0.4) is 0 Å². The van der Waals surface area contributed by atoms with Crippen molar-refractivity contribution < 1.29 is 9.59 Å². The number of amides is 1. The summed E-state index contributed by atoms with van der Waals surface area (Å²) in [6.07, 6.45) is 1.58. The van der Waals surface area contributed by atoms with E-state index in [1.165, 1.54) is 0 Å². The molecule has 0 radical (unpaired) electrons. The van der Waals surface area contributed by atoms with E-state index in [9.17, 15) is 9.59 Å². The summed E-state index contributed by atoms with van der Waals surface area (Å²) < 4.78 is 1.14. The molecular formula is C15H18INO2. The summed E-state index contributed by atoms with van der Waals surface area (Å²) in [6, 6.07) is 7.86. The van der Waals surface area contributed by atoms with Crippen LogP contribution in [0.1, 0.15) is 26.7 Å². The van der Waals surface area contributed by atoms with Gasteiger partial charge in [-0.25, -0.2) is 0 Å². The van der Waals surface area contributed by atoms with Crippen molar-refractivity contribution in [2.75, 3.05) is 11.4 Å². The summed E-state index contributed by atoms with van der Waals surface area (Å²) in [7, 11) is 0. The van der Waals surface area contributed by atoms with Crippen LogP contribution in [0.25, 0.3) is 0 Å². The largest absolute Gasteiger partial charge is 0.312 e. The Labute approximate surface area is 127 Å². The molecule has 1 aliphatic heterocycles. The minimum atomic E-state index is -0.451. The maximum absolute atomic E-state index is 12.5. The molecule has 3 nitrogen and oxygen atoms in total. The number of carbonyl (C=O) groups excluding carboxylic acids is 2. The molecule has 0 spiro atoms. The van der Waals surface area contributed by atoms with Crippen LogP contribution in [-0.2, 0) is 9.59 Å². The lowest BCUT2D eigenvalue weighted by Gasteiger charge is -2.32. The number of piperidine rings is 1. The fourth-order valence-corrected chi connectivity index (χ4v) is 2.78. The first-order chi connectivity index (χ1) is 9.00. The molecule has 1 heterocycles. The number of ketones is 1. The van der Waals surface area contributed by atoms with Crippen molar-refractivity contribution in [3.05, 3.63) is 27.8 Å². The summed E-state index contributed by atoms with van der Waals surface area (Å²) >= 11 is 2.24. The second-order valence-electron chi connectivity index (χ2n) is 5.22. The second-order valence-corrected chi connectivity index (χ2v) is 6.46. The smallest absolute Gasteiger partial charge is 0.237 e. The van der Waals surface area contributed by atoms with Gasteiger partial charge < -0.3 is 4.90 Å². The molecule has 1 unspecified atom stereocenters. The van der Waals surface area contributed by atoms with Gasteiger partial charge in [-0.2, -0.15) is 0 Å². The Balaban J connectivity index is 2.21. The van der Waals surface area contributed by atoms with Crippen LogP contribution in [0.5, 0.6) is 0 Å². The number of rotatable bonds is 3. The van der Waals surface area contributed by atoms with Crippen molar-refractivity contribution in [3.8, 4) is 0 Å². The quantitative estimate of drug-likeness (QED) is 0.604. The number of hydrogen-bond donors (Lipinski definition) is 0. The molecule has 0 bridgehead atoms. The zero-order valence-corrected chi connectivity index (χ0v) is 13.4. The summed E-state index contributed by atoms with van der Waals surface area (Å²) in [6.45, 7) is 4.43. The highest BCUT2D eigenvalue weighted by Gasteiger charge is 2.35. The third-order valence-corrected chi connectivity index (χ3v) is 4.21. The number of benzene rings is 1. The van der Waals surface area contributed by atoms with Crippen LogP contribution >= 0.6 is 22.6 Å². The highest BCUT2D eigenvalue weighted by atomic mass is 127. The number of halogens is 1. The molecule has 1 atom stereocenters. The van der Waals surface area contributed by atoms with E-state index in [1.807, 2.05) is 38.1 Å². The molecular weight excluding hydrogens is 353 g/mol. The zero-order chi connectivity index (χ0) is 14.0. The Bertz CT molecular complexity index is 481. The number of hydrogen-bond acceptors (Lipinski definition) is 2. The predicted molar refractivity (Wildman–Crippen MR) is 84.1 cm³/mol. The number of nitrogens with zero attached hydrogens (tertiary/aromatic N) is 1. The number of carbonyl (C=O) groups is 2. The van der Waals surface area contributed by atoms with Gasteiger partial charge in [0.1, 0.15) is 5.78 Å². The second kappa shape index (κ2) is 6.03. The third kappa shape index (κ3) is 3.16. The topological polar surface area (TPSA) is 37.4 Å². The average Bonchev–Trinajstić information content (AvgIpc) is 2.39. The van der Waals surface area contributed by atoms with E-state index in [0.29, 0.717) is 13.0 Å². The molecule has 1 aromatic carbocycles. The fourth-order valence-electron chi connectivity index (χ4n) is 2.42. The molecule has 0 N–H and O–H groups in total. The zero-order valence-electron chi connectivity index (χ0n) is 11.2. The Morgan fingerprint density at radius 2 is 1.95 bits per heavy atom. The molecule has 19 heavy (non-hydrogen) atoms. The fraction of sp³-hybridized carbons (Fsp3) is 0.467. The molecule has 1 aliphatic rings. The molecule has 1 fully saturated rings. The molecule has 1 amide bonds. The molecule has 2 rings (SSSR count). The summed E-state index contributed by atoms with van der Waals surface area (Å²) in [5.74, 6) is -0.495. The minimum Gasteiger partial charge on any atom is -0.312 e.